The lowest BCUT2D eigenvalue weighted by Crippen LogP contribution is -2.37. The fourth-order valence-electron chi connectivity index (χ4n) is 8.94. The van der Waals surface area contributed by atoms with Crippen LogP contribution >= 0.6 is 0 Å². The lowest BCUT2D eigenvalue weighted by molar-refractivity contribution is 0.662. The molecule has 0 spiro atoms. The van der Waals surface area contributed by atoms with Gasteiger partial charge in [0.15, 0.2) is 0 Å². The van der Waals surface area contributed by atoms with Crippen LogP contribution in [0.15, 0.2) is 194 Å². The minimum Gasteiger partial charge on any atom is -0.309 e. The molecule has 0 saturated heterocycles. The Hall–Kier alpha value is -7.30. The highest BCUT2D eigenvalue weighted by molar-refractivity contribution is 6.27. The Labute approximate surface area is 333 Å². The predicted octanol–water partition coefficient (Wildman–Crippen LogP) is 13.3. The van der Waals surface area contributed by atoms with E-state index in [0.717, 1.165) is 44.7 Å². The fraction of sp³-hybridized carbons (Fsp3) is 0.0566. The van der Waals surface area contributed by atoms with Crippen molar-refractivity contribution < 1.29 is 0 Å². The number of nitrogens with one attached hydrogen (secondary N) is 2. The SMILES string of the molecule is CC1(C)c2ccccc2-c2cccc(-c3ccc4c(c3)c3cc(-c5ccc(N(C(=N)c6ccccc6)C(=N)c6ccccc6)cc5)ccc3n4-c3ccccc3)c21. The van der Waals surface area contributed by atoms with Gasteiger partial charge in [-0.3, -0.25) is 15.7 Å². The zero-order chi connectivity index (χ0) is 38.7. The van der Waals surface area contributed by atoms with Gasteiger partial charge in [-0.2, -0.15) is 0 Å². The molecule has 1 aromatic heterocycles. The number of benzene rings is 8. The Morgan fingerprint density at radius 1 is 0.456 bits per heavy atom. The molecular formula is C53H40N4. The van der Waals surface area contributed by atoms with Gasteiger partial charge in [0.2, 0.25) is 0 Å². The number of amidine groups is 2. The summed E-state index contributed by atoms with van der Waals surface area (Å²) >= 11 is 0. The normalized spacial score (nSPS) is 12.7. The minimum atomic E-state index is -0.121. The molecule has 272 valence electrons. The Morgan fingerprint density at radius 2 is 0.947 bits per heavy atom. The molecule has 1 aliphatic rings. The standard InChI is InChI=1S/C53H40N4/c1-53(2)47-24-13-12-21-43(47)44-23-14-22-42(50(44)53)39-28-32-49-46(34-39)45-33-38(27-31-48(45)56(49)40-19-10-5-11-20-40)35-25-29-41(30-26-35)57(51(54)36-15-6-3-7-16-36)52(55)37-17-8-4-9-18-37/h3-34,54-55H,1-2H3. The topological polar surface area (TPSA) is 55.9 Å². The quantitative estimate of drug-likeness (QED) is 0.130. The second-order valence-electron chi connectivity index (χ2n) is 15.3. The average Bonchev–Trinajstić information content (AvgIpc) is 3.72. The van der Waals surface area contributed by atoms with E-state index in [1.165, 1.54) is 44.2 Å². The molecule has 1 aliphatic carbocycles. The number of para-hydroxylation sites is 1. The Kier molecular flexibility index (Phi) is 8.08. The molecule has 57 heavy (non-hydrogen) atoms. The largest absolute Gasteiger partial charge is 0.309 e. The van der Waals surface area contributed by atoms with E-state index in [4.69, 9.17) is 0 Å². The van der Waals surface area contributed by atoms with Crippen LogP contribution in [-0.4, -0.2) is 16.2 Å². The molecule has 0 saturated carbocycles. The number of hydrogen-bond acceptors (Lipinski definition) is 2. The van der Waals surface area contributed by atoms with E-state index in [0.29, 0.717) is 0 Å². The van der Waals surface area contributed by atoms with Crippen LogP contribution < -0.4 is 4.90 Å². The van der Waals surface area contributed by atoms with E-state index in [2.05, 4.69) is 140 Å². The maximum absolute atomic E-state index is 9.22. The molecule has 0 aliphatic heterocycles. The number of fused-ring (bicyclic) bond motifs is 6. The maximum atomic E-state index is 9.22. The third kappa shape index (κ3) is 5.60. The van der Waals surface area contributed by atoms with Crippen molar-refractivity contribution in [3.05, 3.63) is 216 Å². The van der Waals surface area contributed by atoms with Crippen LogP contribution in [0.2, 0.25) is 0 Å². The van der Waals surface area contributed by atoms with Crippen LogP contribution in [0.25, 0.3) is 60.9 Å². The smallest absolute Gasteiger partial charge is 0.138 e. The lowest BCUT2D eigenvalue weighted by Gasteiger charge is -2.26. The summed E-state index contributed by atoms with van der Waals surface area (Å²) in [7, 11) is 0. The van der Waals surface area contributed by atoms with Crippen molar-refractivity contribution in [2.24, 2.45) is 0 Å². The van der Waals surface area contributed by atoms with E-state index < -0.39 is 0 Å². The van der Waals surface area contributed by atoms with Crippen LogP contribution in [0, 0.1) is 10.8 Å². The monoisotopic (exact) mass is 732 g/mol. The van der Waals surface area contributed by atoms with E-state index in [-0.39, 0.29) is 17.1 Å². The van der Waals surface area contributed by atoms with E-state index in [1.807, 2.05) is 72.8 Å². The molecule has 8 aromatic carbocycles. The first-order chi connectivity index (χ1) is 27.9. The Balaban J connectivity index is 1.10. The first-order valence-corrected chi connectivity index (χ1v) is 19.4. The van der Waals surface area contributed by atoms with Gasteiger partial charge in [0.1, 0.15) is 11.7 Å². The molecule has 4 nitrogen and oxygen atoms in total. The van der Waals surface area contributed by atoms with Crippen LogP contribution in [0.4, 0.5) is 5.69 Å². The van der Waals surface area contributed by atoms with Gasteiger partial charge >= 0.3 is 0 Å². The fourth-order valence-corrected chi connectivity index (χ4v) is 8.94. The molecule has 9 aromatic rings. The average molecular weight is 733 g/mol. The molecule has 0 atom stereocenters. The third-order valence-electron chi connectivity index (χ3n) is 11.7. The first kappa shape index (κ1) is 34.2. The summed E-state index contributed by atoms with van der Waals surface area (Å²) in [5.41, 5.74) is 15.6. The van der Waals surface area contributed by atoms with E-state index in [9.17, 15) is 10.8 Å². The second kappa shape index (κ2) is 13.5. The highest BCUT2D eigenvalue weighted by Crippen LogP contribution is 2.52. The predicted molar refractivity (Wildman–Crippen MR) is 238 cm³/mol. The lowest BCUT2D eigenvalue weighted by atomic mass is 9.79. The molecule has 4 heteroatoms. The van der Waals surface area contributed by atoms with Crippen molar-refractivity contribution in [2.75, 3.05) is 4.90 Å². The number of aromatic nitrogens is 1. The molecule has 2 N–H and O–H groups in total. The minimum absolute atomic E-state index is 0.121. The molecule has 1 heterocycles. The summed E-state index contributed by atoms with van der Waals surface area (Å²) in [6, 6.07) is 67.5. The summed E-state index contributed by atoms with van der Waals surface area (Å²) in [5, 5.41) is 20.8. The molecule has 0 amide bonds. The zero-order valence-corrected chi connectivity index (χ0v) is 31.9. The summed E-state index contributed by atoms with van der Waals surface area (Å²) in [6.45, 7) is 4.71. The van der Waals surface area contributed by atoms with Crippen molar-refractivity contribution in [2.45, 2.75) is 19.3 Å². The summed E-state index contributed by atoms with van der Waals surface area (Å²) in [6.07, 6.45) is 0. The van der Waals surface area contributed by atoms with Gasteiger partial charge in [-0.25, -0.2) is 0 Å². The van der Waals surface area contributed by atoms with Crippen LogP contribution in [0.5, 0.6) is 0 Å². The van der Waals surface area contributed by atoms with Gasteiger partial charge in [-0.15, -0.1) is 0 Å². The highest BCUT2D eigenvalue weighted by Gasteiger charge is 2.37. The molecule has 0 fully saturated rings. The highest BCUT2D eigenvalue weighted by atomic mass is 15.2. The van der Waals surface area contributed by atoms with Gasteiger partial charge < -0.3 is 4.57 Å². The van der Waals surface area contributed by atoms with Crippen LogP contribution in [-0.2, 0) is 5.41 Å². The van der Waals surface area contributed by atoms with Crippen LogP contribution in [0.1, 0.15) is 36.1 Å². The zero-order valence-electron chi connectivity index (χ0n) is 31.9. The van der Waals surface area contributed by atoms with Gasteiger partial charge in [-0.05, 0) is 93.0 Å². The molecular weight excluding hydrogens is 693 g/mol. The van der Waals surface area contributed by atoms with Gasteiger partial charge in [-0.1, -0.05) is 159 Å². The Morgan fingerprint density at radius 3 is 1.58 bits per heavy atom. The number of nitrogens with zero attached hydrogens (tertiary/aromatic N) is 2. The maximum Gasteiger partial charge on any atom is 0.138 e. The van der Waals surface area contributed by atoms with E-state index >= 15 is 0 Å². The second-order valence-corrected chi connectivity index (χ2v) is 15.3. The molecule has 10 rings (SSSR count). The third-order valence-corrected chi connectivity index (χ3v) is 11.7. The number of anilines is 1. The Bertz CT molecular complexity index is 2940. The van der Waals surface area contributed by atoms with Gasteiger partial charge in [0.25, 0.3) is 0 Å². The van der Waals surface area contributed by atoms with Crippen LogP contribution in [0.3, 0.4) is 0 Å². The van der Waals surface area contributed by atoms with Crippen molar-refractivity contribution in [3.8, 4) is 39.1 Å². The molecule has 0 unspecified atom stereocenters. The first-order valence-electron chi connectivity index (χ1n) is 19.4. The molecule has 0 bridgehead atoms. The van der Waals surface area contributed by atoms with Gasteiger partial charge in [0.05, 0.1) is 11.0 Å². The summed E-state index contributed by atoms with van der Waals surface area (Å²) < 4.78 is 2.37. The summed E-state index contributed by atoms with van der Waals surface area (Å²) in [5.74, 6) is 0.499. The van der Waals surface area contributed by atoms with Crippen molar-refractivity contribution in [1.29, 1.82) is 10.8 Å². The van der Waals surface area contributed by atoms with Crippen molar-refractivity contribution >= 4 is 39.2 Å². The number of hydrogen-bond donors (Lipinski definition) is 2. The summed E-state index contributed by atoms with van der Waals surface area (Å²) in [4.78, 5) is 1.72. The van der Waals surface area contributed by atoms with Gasteiger partial charge in [0, 0.05) is 38.7 Å². The van der Waals surface area contributed by atoms with Crippen molar-refractivity contribution in [3.63, 3.8) is 0 Å². The molecule has 0 radical (unpaired) electrons. The van der Waals surface area contributed by atoms with E-state index in [1.54, 1.807) is 4.90 Å². The number of rotatable bonds is 6. The van der Waals surface area contributed by atoms with Crippen molar-refractivity contribution in [1.82, 2.24) is 4.57 Å².